The average molecular weight is 302 g/mol. The monoisotopic (exact) mass is 302 g/mol. The lowest BCUT2D eigenvalue weighted by atomic mass is 10.0. The van der Waals surface area contributed by atoms with Crippen molar-refractivity contribution in [1.82, 2.24) is 10.6 Å². The normalized spacial score (nSPS) is 21.2. The Kier molecular flexibility index (Phi) is 8.77. The lowest BCUT2D eigenvalue weighted by molar-refractivity contribution is -0.142. The molecule has 3 N–H and O–H groups in total. The first kappa shape index (κ1) is 17.7. The van der Waals surface area contributed by atoms with Gasteiger partial charge in [-0.2, -0.15) is 0 Å². The van der Waals surface area contributed by atoms with E-state index in [-0.39, 0.29) is 12.1 Å². The first-order valence-electron chi connectivity index (χ1n) is 7.49. The van der Waals surface area contributed by atoms with Crippen molar-refractivity contribution in [3.8, 4) is 0 Å². The van der Waals surface area contributed by atoms with Crippen molar-refractivity contribution < 1.29 is 24.2 Å². The zero-order chi connectivity index (χ0) is 15.5. The largest absolute Gasteiger partial charge is 0.481 e. The van der Waals surface area contributed by atoms with E-state index in [4.69, 9.17) is 14.6 Å². The van der Waals surface area contributed by atoms with E-state index < -0.39 is 11.9 Å². The summed E-state index contributed by atoms with van der Waals surface area (Å²) in [6.45, 7) is 2.38. The molecule has 7 nitrogen and oxygen atoms in total. The second-order valence-corrected chi connectivity index (χ2v) is 5.19. The summed E-state index contributed by atoms with van der Waals surface area (Å²) in [4.78, 5) is 22.7. The molecule has 0 aliphatic heterocycles. The standard InChI is InChI=1S/C14H26N2O5/c1-20-9-10-21-8-3-2-7-15-14(19)16-12-6-4-5-11(12)13(17)18/h11-12H,2-10H2,1H3,(H,17,18)(H2,15,16,19). The number of unbranched alkanes of at least 4 members (excludes halogenated alkanes) is 1. The van der Waals surface area contributed by atoms with Gasteiger partial charge in [-0.15, -0.1) is 0 Å². The van der Waals surface area contributed by atoms with Gasteiger partial charge in [0.25, 0.3) is 0 Å². The molecular weight excluding hydrogens is 276 g/mol. The lowest BCUT2D eigenvalue weighted by Crippen LogP contribution is -2.45. The number of carboxylic acids is 1. The van der Waals surface area contributed by atoms with E-state index in [0.29, 0.717) is 32.8 Å². The van der Waals surface area contributed by atoms with Crippen molar-refractivity contribution in [2.24, 2.45) is 5.92 Å². The van der Waals surface area contributed by atoms with Crippen LogP contribution in [-0.4, -0.2) is 56.6 Å². The minimum Gasteiger partial charge on any atom is -0.481 e. The Morgan fingerprint density at radius 2 is 2.00 bits per heavy atom. The van der Waals surface area contributed by atoms with Crippen molar-refractivity contribution in [2.45, 2.75) is 38.1 Å². The van der Waals surface area contributed by atoms with Crippen LogP contribution in [0.5, 0.6) is 0 Å². The number of methoxy groups -OCH3 is 1. The fourth-order valence-electron chi connectivity index (χ4n) is 2.42. The summed E-state index contributed by atoms with van der Waals surface area (Å²) >= 11 is 0. The summed E-state index contributed by atoms with van der Waals surface area (Å²) in [5.41, 5.74) is 0. The first-order valence-corrected chi connectivity index (χ1v) is 7.49. The van der Waals surface area contributed by atoms with Crippen LogP contribution < -0.4 is 10.6 Å². The number of nitrogens with one attached hydrogen (secondary N) is 2. The number of ether oxygens (including phenoxy) is 2. The maximum Gasteiger partial charge on any atom is 0.315 e. The van der Waals surface area contributed by atoms with Crippen molar-refractivity contribution in [3.63, 3.8) is 0 Å². The molecular formula is C14H26N2O5. The summed E-state index contributed by atoms with van der Waals surface area (Å²) in [6, 6.07) is -0.534. The van der Waals surface area contributed by atoms with E-state index in [1.165, 1.54) is 0 Å². The van der Waals surface area contributed by atoms with E-state index in [1.54, 1.807) is 7.11 Å². The van der Waals surface area contributed by atoms with Gasteiger partial charge in [0, 0.05) is 26.3 Å². The molecule has 21 heavy (non-hydrogen) atoms. The Bertz CT molecular complexity index is 324. The molecule has 2 amide bonds. The summed E-state index contributed by atoms with van der Waals surface area (Å²) < 4.78 is 10.2. The maximum atomic E-state index is 11.7. The molecule has 1 fully saturated rings. The summed E-state index contributed by atoms with van der Waals surface area (Å²) in [5, 5.41) is 14.5. The summed E-state index contributed by atoms with van der Waals surface area (Å²) in [5.74, 6) is -1.28. The zero-order valence-electron chi connectivity index (χ0n) is 12.6. The third kappa shape index (κ3) is 7.29. The molecule has 122 valence electrons. The van der Waals surface area contributed by atoms with Crippen LogP contribution in [0, 0.1) is 5.92 Å². The average Bonchev–Trinajstić information content (AvgIpc) is 2.90. The Labute approximate surface area is 125 Å². The maximum absolute atomic E-state index is 11.7. The quantitative estimate of drug-likeness (QED) is 0.523. The molecule has 0 bridgehead atoms. The minimum atomic E-state index is -0.828. The molecule has 1 aliphatic rings. The van der Waals surface area contributed by atoms with Gasteiger partial charge in [-0.25, -0.2) is 4.79 Å². The van der Waals surface area contributed by atoms with Crippen molar-refractivity contribution in [3.05, 3.63) is 0 Å². The number of carboxylic acid groups (broad SMARTS) is 1. The molecule has 0 heterocycles. The van der Waals surface area contributed by atoms with E-state index in [9.17, 15) is 9.59 Å². The Morgan fingerprint density at radius 1 is 1.19 bits per heavy atom. The van der Waals surface area contributed by atoms with Crippen LogP contribution >= 0.6 is 0 Å². The Hall–Kier alpha value is -1.34. The Morgan fingerprint density at radius 3 is 2.71 bits per heavy atom. The van der Waals surface area contributed by atoms with Gasteiger partial charge in [0.15, 0.2) is 0 Å². The fraction of sp³-hybridized carbons (Fsp3) is 0.857. The number of urea groups is 1. The molecule has 2 unspecified atom stereocenters. The number of rotatable bonds is 10. The molecule has 2 atom stereocenters. The van der Waals surface area contributed by atoms with Gasteiger partial charge < -0.3 is 25.2 Å². The van der Waals surface area contributed by atoms with E-state index >= 15 is 0 Å². The number of hydrogen-bond donors (Lipinski definition) is 3. The molecule has 0 aromatic carbocycles. The van der Waals surface area contributed by atoms with Crippen LogP contribution in [0.4, 0.5) is 4.79 Å². The minimum absolute atomic E-state index is 0.250. The summed E-state index contributed by atoms with van der Waals surface area (Å²) in [6.07, 6.45) is 3.91. The van der Waals surface area contributed by atoms with Gasteiger partial charge in [-0.1, -0.05) is 6.42 Å². The highest BCUT2D eigenvalue weighted by atomic mass is 16.5. The van der Waals surface area contributed by atoms with Crippen molar-refractivity contribution >= 4 is 12.0 Å². The van der Waals surface area contributed by atoms with E-state index in [0.717, 1.165) is 25.7 Å². The number of amides is 2. The molecule has 1 saturated carbocycles. The van der Waals surface area contributed by atoms with Gasteiger partial charge in [0.05, 0.1) is 19.1 Å². The number of hydrogen-bond acceptors (Lipinski definition) is 4. The highest BCUT2D eigenvalue weighted by Gasteiger charge is 2.33. The van der Waals surface area contributed by atoms with Gasteiger partial charge in [-0.05, 0) is 25.7 Å². The van der Waals surface area contributed by atoms with Gasteiger partial charge >= 0.3 is 12.0 Å². The van der Waals surface area contributed by atoms with Crippen LogP contribution in [0.1, 0.15) is 32.1 Å². The van der Waals surface area contributed by atoms with Gasteiger partial charge in [0.2, 0.25) is 0 Å². The highest BCUT2D eigenvalue weighted by molar-refractivity contribution is 5.76. The SMILES string of the molecule is COCCOCCCCNC(=O)NC1CCCC1C(=O)O. The third-order valence-corrected chi connectivity index (χ3v) is 3.58. The van der Waals surface area contributed by atoms with Crippen LogP contribution in [0.2, 0.25) is 0 Å². The predicted octanol–water partition coefficient (Wildman–Crippen LogP) is 0.982. The fourth-order valence-corrected chi connectivity index (χ4v) is 2.42. The van der Waals surface area contributed by atoms with Crippen LogP contribution in [0.15, 0.2) is 0 Å². The second kappa shape index (κ2) is 10.4. The van der Waals surface area contributed by atoms with E-state index in [2.05, 4.69) is 10.6 Å². The summed E-state index contributed by atoms with van der Waals surface area (Å²) in [7, 11) is 1.63. The number of carbonyl (C=O) groups is 2. The van der Waals surface area contributed by atoms with Gasteiger partial charge in [0.1, 0.15) is 0 Å². The van der Waals surface area contributed by atoms with Gasteiger partial charge in [-0.3, -0.25) is 4.79 Å². The highest BCUT2D eigenvalue weighted by Crippen LogP contribution is 2.25. The van der Waals surface area contributed by atoms with Crippen molar-refractivity contribution in [2.75, 3.05) is 33.5 Å². The molecule has 0 aromatic rings. The topological polar surface area (TPSA) is 96.9 Å². The predicted molar refractivity (Wildman–Crippen MR) is 77.2 cm³/mol. The van der Waals surface area contributed by atoms with Crippen LogP contribution in [-0.2, 0) is 14.3 Å². The Balaban J connectivity index is 2.02. The molecule has 1 aliphatic carbocycles. The van der Waals surface area contributed by atoms with E-state index in [1.807, 2.05) is 0 Å². The number of aliphatic carboxylic acids is 1. The molecule has 1 rings (SSSR count). The van der Waals surface area contributed by atoms with Crippen LogP contribution in [0.25, 0.3) is 0 Å². The zero-order valence-corrected chi connectivity index (χ0v) is 12.6. The lowest BCUT2D eigenvalue weighted by Gasteiger charge is -2.17. The molecule has 0 saturated heterocycles. The third-order valence-electron chi connectivity index (χ3n) is 3.58. The molecule has 0 aromatic heterocycles. The molecule has 0 radical (unpaired) electrons. The smallest absolute Gasteiger partial charge is 0.315 e. The molecule has 7 heteroatoms. The van der Waals surface area contributed by atoms with Crippen molar-refractivity contribution in [1.29, 1.82) is 0 Å². The van der Waals surface area contributed by atoms with Crippen LogP contribution in [0.3, 0.4) is 0 Å². The molecule has 0 spiro atoms. The second-order valence-electron chi connectivity index (χ2n) is 5.19. The number of carbonyl (C=O) groups excluding carboxylic acids is 1. The first-order chi connectivity index (χ1) is 10.1.